The summed E-state index contributed by atoms with van der Waals surface area (Å²) in [4.78, 5) is 34.1. The molecule has 21 heavy (non-hydrogen) atoms. The molecule has 110 valence electrons. The Morgan fingerprint density at radius 3 is 2.76 bits per heavy atom. The number of ether oxygens (including phenoxy) is 3. The lowest BCUT2D eigenvalue weighted by molar-refractivity contribution is -0.150. The standard InChI is InChI=1S/C15H14O6/c1-8(2)14(17)19-7-13(16)20-10-4-5-11-9(3)15(18)21-12(11)6-10/h4-6,9H,1,7H2,2-3H3. The summed E-state index contributed by atoms with van der Waals surface area (Å²) in [6.07, 6.45) is 0. The van der Waals surface area contributed by atoms with E-state index in [0.717, 1.165) is 5.56 Å². The molecule has 0 spiro atoms. The number of hydrogen-bond acceptors (Lipinski definition) is 6. The summed E-state index contributed by atoms with van der Waals surface area (Å²) in [6.45, 7) is 6.09. The fraction of sp³-hybridized carbons (Fsp3) is 0.267. The Bertz CT molecular complexity index is 631. The van der Waals surface area contributed by atoms with Crippen molar-refractivity contribution in [2.75, 3.05) is 6.61 Å². The van der Waals surface area contributed by atoms with Gasteiger partial charge in [-0.2, -0.15) is 0 Å². The summed E-state index contributed by atoms with van der Waals surface area (Å²) in [5.74, 6) is -1.49. The molecule has 1 aromatic rings. The molecule has 0 saturated heterocycles. The van der Waals surface area contributed by atoms with Crippen molar-refractivity contribution in [1.82, 2.24) is 0 Å². The van der Waals surface area contributed by atoms with Gasteiger partial charge in [-0.25, -0.2) is 9.59 Å². The topological polar surface area (TPSA) is 78.9 Å². The van der Waals surface area contributed by atoms with E-state index < -0.39 is 18.5 Å². The molecule has 1 atom stereocenters. The fourth-order valence-electron chi connectivity index (χ4n) is 1.76. The van der Waals surface area contributed by atoms with Crippen LogP contribution in [0.5, 0.6) is 11.5 Å². The normalized spacial score (nSPS) is 15.9. The first-order valence-electron chi connectivity index (χ1n) is 6.27. The van der Waals surface area contributed by atoms with Gasteiger partial charge < -0.3 is 14.2 Å². The molecular formula is C15H14O6. The maximum atomic E-state index is 11.5. The van der Waals surface area contributed by atoms with Gasteiger partial charge in [-0.3, -0.25) is 4.79 Å². The molecule has 0 radical (unpaired) electrons. The van der Waals surface area contributed by atoms with Crippen LogP contribution in [0.15, 0.2) is 30.4 Å². The first-order valence-corrected chi connectivity index (χ1v) is 6.27. The molecule has 0 saturated carbocycles. The lowest BCUT2D eigenvalue weighted by atomic mass is 10.0. The second-order valence-electron chi connectivity index (χ2n) is 4.67. The van der Waals surface area contributed by atoms with E-state index in [9.17, 15) is 14.4 Å². The van der Waals surface area contributed by atoms with E-state index in [1.165, 1.54) is 13.0 Å². The Morgan fingerprint density at radius 1 is 1.38 bits per heavy atom. The molecule has 1 aliphatic heterocycles. The first-order chi connectivity index (χ1) is 9.88. The monoisotopic (exact) mass is 290 g/mol. The average molecular weight is 290 g/mol. The van der Waals surface area contributed by atoms with Crippen LogP contribution in [0.2, 0.25) is 0 Å². The zero-order valence-electron chi connectivity index (χ0n) is 11.7. The minimum absolute atomic E-state index is 0.196. The molecule has 0 aromatic heterocycles. The number of carbonyl (C=O) groups excluding carboxylic acids is 3. The van der Waals surface area contributed by atoms with Crippen LogP contribution in [0.4, 0.5) is 0 Å². The summed E-state index contributed by atoms with van der Waals surface area (Å²) >= 11 is 0. The quantitative estimate of drug-likeness (QED) is 0.477. The van der Waals surface area contributed by atoms with Gasteiger partial charge in [-0.15, -0.1) is 0 Å². The molecular weight excluding hydrogens is 276 g/mol. The van der Waals surface area contributed by atoms with Gasteiger partial charge in [0.2, 0.25) is 0 Å². The summed E-state index contributed by atoms with van der Waals surface area (Å²) in [5.41, 5.74) is 0.940. The molecule has 6 heteroatoms. The summed E-state index contributed by atoms with van der Waals surface area (Å²) in [7, 11) is 0. The highest BCUT2D eigenvalue weighted by Gasteiger charge is 2.29. The molecule has 0 aliphatic carbocycles. The molecule has 1 heterocycles. The third kappa shape index (κ3) is 3.28. The van der Waals surface area contributed by atoms with Crippen LogP contribution < -0.4 is 9.47 Å². The van der Waals surface area contributed by atoms with Gasteiger partial charge in [0.15, 0.2) is 6.61 Å². The van der Waals surface area contributed by atoms with Crippen LogP contribution in [-0.2, 0) is 19.1 Å². The van der Waals surface area contributed by atoms with E-state index in [-0.39, 0.29) is 23.2 Å². The van der Waals surface area contributed by atoms with Crippen LogP contribution in [0.1, 0.15) is 25.3 Å². The van der Waals surface area contributed by atoms with E-state index in [1.54, 1.807) is 19.1 Å². The molecule has 0 bridgehead atoms. The Balaban J connectivity index is 1.97. The zero-order chi connectivity index (χ0) is 15.6. The smallest absolute Gasteiger partial charge is 0.349 e. The molecule has 6 nitrogen and oxygen atoms in total. The highest BCUT2D eigenvalue weighted by atomic mass is 16.6. The lowest BCUT2D eigenvalue weighted by Gasteiger charge is -2.07. The number of fused-ring (bicyclic) bond motifs is 1. The van der Waals surface area contributed by atoms with Crippen molar-refractivity contribution in [2.24, 2.45) is 0 Å². The lowest BCUT2D eigenvalue weighted by Crippen LogP contribution is -2.19. The van der Waals surface area contributed by atoms with E-state index in [1.807, 2.05) is 0 Å². The van der Waals surface area contributed by atoms with Crippen molar-refractivity contribution in [2.45, 2.75) is 19.8 Å². The third-order valence-corrected chi connectivity index (χ3v) is 2.92. The highest BCUT2D eigenvalue weighted by molar-refractivity contribution is 5.89. The van der Waals surface area contributed by atoms with Crippen LogP contribution in [0.25, 0.3) is 0 Å². The Labute approximate surface area is 121 Å². The van der Waals surface area contributed by atoms with Crippen LogP contribution >= 0.6 is 0 Å². The van der Waals surface area contributed by atoms with E-state index in [0.29, 0.717) is 5.75 Å². The van der Waals surface area contributed by atoms with Crippen molar-refractivity contribution in [3.63, 3.8) is 0 Å². The summed E-state index contributed by atoms with van der Waals surface area (Å²) in [6, 6.07) is 4.67. The van der Waals surface area contributed by atoms with Crippen LogP contribution in [0.3, 0.4) is 0 Å². The highest BCUT2D eigenvalue weighted by Crippen LogP contribution is 2.36. The SMILES string of the molecule is C=C(C)C(=O)OCC(=O)Oc1ccc2c(c1)OC(=O)C2C. The maximum Gasteiger partial charge on any atom is 0.349 e. The maximum absolute atomic E-state index is 11.5. The summed E-state index contributed by atoms with van der Waals surface area (Å²) < 4.78 is 14.7. The Morgan fingerprint density at radius 2 is 2.10 bits per heavy atom. The minimum Gasteiger partial charge on any atom is -0.450 e. The van der Waals surface area contributed by atoms with Crippen molar-refractivity contribution in [3.8, 4) is 11.5 Å². The van der Waals surface area contributed by atoms with Gasteiger partial charge in [0.05, 0.1) is 5.92 Å². The predicted octanol–water partition coefficient (Wildman–Crippen LogP) is 1.73. The fourth-order valence-corrected chi connectivity index (χ4v) is 1.76. The molecule has 1 aliphatic rings. The molecule has 2 rings (SSSR count). The van der Waals surface area contributed by atoms with Crippen LogP contribution in [0, 0.1) is 0 Å². The van der Waals surface area contributed by atoms with E-state index in [2.05, 4.69) is 11.3 Å². The molecule has 0 N–H and O–H groups in total. The van der Waals surface area contributed by atoms with Crippen molar-refractivity contribution in [3.05, 3.63) is 35.9 Å². The largest absolute Gasteiger partial charge is 0.450 e. The van der Waals surface area contributed by atoms with Gasteiger partial charge >= 0.3 is 17.9 Å². The number of benzene rings is 1. The number of hydrogen-bond donors (Lipinski definition) is 0. The third-order valence-electron chi connectivity index (χ3n) is 2.92. The van der Waals surface area contributed by atoms with Crippen molar-refractivity contribution < 1.29 is 28.6 Å². The van der Waals surface area contributed by atoms with Gasteiger partial charge in [0, 0.05) is 17.2 Å². The summed E-state index contributed by atoms with van der Waals surface area (Å²) in [5, 5.41) is 0. The zero-order valence-corrected chi connectivity index (χ0v) is 11.7. The van der Waals surface area contributed by atoms with Gasteiger partial charge in [0.25, 0.3) is 0 Å². The molecule has 0 amide bonds. The Hall–Kier alpha value is -2.63. The number of carbonyl (C=O) groups is 3. The molecule has 1 aromatic carbocycles. The van der Waals surface area contributed by atoms with Crippen LogP contribution in [-0.4, -0.2) is 24.5 Å². The molecule has 0 fully saturated rings. The van der Waals surface area contributed by atoms with E-state index in [4.69, 9.17) is 9.47 Å². The predicted molar refractivity (Wildman–Crippen MR) is 71.9 cm³/mol. The van der Waals surface area contributed by atoms with E-state index >= 15 is 0 Å². The van der Waals surface area contributed by atoms with Gasteiger partial charge in [-0.1, -0.05) is 12.6 Å². The first kappa shape index (κ1) is 14.8. The average Bonchev–Trinajstić information content (AvgIpc) is 2.71. The molecule has 1 unspecified atom stereocenters. The number of esters is 3. The van der Waals surface area contributed by atoms with Crippen molar-refractivity contribution in [1.29, 1.82) is 0 Å². The second-order valence-corrected chi connectivity index (χ2v) is 4.67. The van der Waals surface area contributed by atoms with Gasteiger partial charge in [0.1, 0.15) is 11.5 Å². The second kappa shape index (κ2) is 5.78. The van der Waals surface area contributed by atoms with Crippen molar-refractivity contribution >= 4 is 17.9 Å². The minimum atomic E-state index is -0.734. The van der Waals surface area contributed by atoms with Gasteiger partial charge in [-0.05, 0) is 19.9 Å². The Kier molecular flexibility index (Phi) is 4.07. The number of rotatable bonds is 4.